The van der Waals surface area contributed by atoms with Crippen molar-refractivity contribution in [2.24, 2.45) is 0 Å². The van der Waals surface area contributed by atoms with Gasteiger partial charge in [-0.25, -0.2) is 4.79 Å². The van der Waals surface area contributed by atoms with E-state index in [0.717, 1.165) is 0 Å². The van der Waals surface area contributed by atoms with Crippen molar-refractivity contribution in [3.05, 3.63) is 23.8 Å². The SMILES string of the molecule is CSCCC(NC(=O)c1ccc2n[nH]nc2c1)C(=O)O. The number of aliphatic carboxylic acids is 1. The number of nitrogens with zero attached hydrogens (tertiary/aromatic N) is 2. The van der Waals surface area contributed by atoms with Crippen LogP contribution in [0, 0.1) is 0 Å². The second kappa shape index (κ2) is 6.38. The molecular formula is C12H14N4O3S. The molecule has 1 atom stereocenters. The number of benzene rings is 1. The first-order valence-electron chi connectivity index (χ1n) is 5.95. The molecule has 1 aromatic heterocycles. The Morgan fingerprint density at radius 1 is 1.40 bits per heavy atom. The molecule has 0 radical (unpaired) electrons. The molecule has 0 saturated carbocycles. The van der Waals surface area contributed by atoms with E-state index in [1.807, 2.05) is 6.26 Å². The Kier molecular flexibility index (Phi) is 4.57. The van der Waals surface area contributed by atoms with Gasteiger partial charge in [0, 0.05) is 5.56 Å². The molecule has 0 spiro atoms. The maximum Gasteiger partial charge on any atom is 0.326 e. The first-order valence-corrected chi connectivity index (χ1v) is 7.34. The highest BCUT2D eigenvalue weighted by molar-refractivity contribution is 7.98. The van der Waals surface area contributed by atoms with Crippen molar-refractivity contribution in [3.63, 3.8) is 0 Å². The van der Waals surface area contributed by atoms with Gasteiger partial charge in [-0.05, 0) is 36.6 Å². The van der Waals surface area contributed by atoms with Gasteiger partial charge in [0.15, 0.2) is 0 Å². The largest absolute Gasteiger partial charge is 0.480 e. The second-order valence-corrected chi connectivity index (χ2v) is 5.16. The minimum absolute atomic E-state index is 0.363. The molecule has 0 fully saturated rings. The summed E-state index contributed by atoms with van der Waals surface area (Å²) in [7, 11) is 0. The first-order chi connectivity index (χ1) is 9.61. The standard InChI is InChI=1S/C12H14N4O3S/c1-20-5-4-9(12(18)19)13-11(17)7-2-3-8-10(6-7)15-16-14-8/h2-3,6,9H,4-5H2,1H3,(H,13,17)(H,18,19)(H,14,15,16). The van der Waals surface area contributed by atoms with Crippen LogP contribution in [0.15, 0.2) is 18.2 Å². The highest BCUT2D eigenvalue weighted by Gasteiger charge is 2.20. The number of carbonyl (C=O) groups excluding carboxylic acids is 1. The lowest BCUT2D eigenvalue weighted by molar-refractivity contribution is -0.139. The van der Waals surface area contributed by atoms with E-state index in [4.69, 9.17) is 5.11 Å². The number of thioether (sulfide) groups is 1. The van der Waals surface area contributed by atoms with Crippen molar-refractivity contribution in [3.8, 4) is 0 Å². The van der Waals surface area contributed by atoms with Gasteiger partial charge >= 0.3 is 5.97 Å². The van der Waals surface area contributed by atoms with Crippen molar-refractivity contribution in [1.29, 1.82) is 0 Å². The number of carboxylic acid groups (broad SMARTS) is 1. The average Bonchev–Trinajstić information content (AvgIpc) is 2.90. The Balaban J connectivity index is 2.10. The average molecular weight is 294 g/mol. The minimum atomic E-state index is -1.03. The summed E-state index contributed by atoms with van der Waals surface area (Å²) in [6.07, 6.45) is 2.27. The number of hydrogen-bond acceptors (Lipinski definition) is 5. The Hall–Kier alpha value is -2.09. The van der Waals surface area contributed by atoms with E-state index < -0.39 is 17.9 Å². The minimum Gasteiger partial charge on any atom is -0.480 e. The molecule has 3 N–H and O–H groups in total. The lowest BCUT2D eigenvalue weighted by atomic mass is 10.1. The molecule has 106 valence electrons. The molecule has 1 amide bonds. The molecular weight excluding hydrogens is 280 g/mol. The molecule has 0 aliphatic heterocycles. The first kappa shape index (κ1) is 14.3. The van der Waals surface area contributed by atoms with Gasteiger partial charge in [0.05, 0.1) is 0 Å². The van der Waals surface area contributed by atoms with Crippen LogP contribution in [0.1, 0.15) is 16.8 Å². The zero-order chi connectivity index (χ0) is 14.5. The smallest absolute Gasteiger partial charge is 0.326 e. The maximum atomic E-state index is 12.0. The van der Waals surface area contributed by atoms with Crippen molar-refractivity contribution in [2.75, 3.05) is 12.0 Å². The molecule has 1 aromatic carbocycles. The monoisotopic (exact) mass is 294 g/mol. The van der Waals surface area contributed by atoms with Crippen molar-refractivity contribution >= 4 is 34.7 Å². The molecule has 0 bridgehead atoms. The highest BCUT2D eigenvalue weighted by atomic mass is 32.2. The maximum absolute atomic E-state index is 12.0. The summed E-state index contributed by atoms with van der Waals surface area (Å²) >= 11 is 1.54. The Morgan fingerprint density at radius 2 is 2.15 bits per heavy atom. The number of aromatic amines is 1. The molecule has 7 nitrogen and oxygen atoms in total. The zero-order valence-electron chi connectivity index (χ0n) is 10.8. The molecule has 0 aliphatic rings. The van der Waals surface area contributed by atoms with Gasteiger partial charge in [0.1, 0.15) is 17.1 Å². The van der Waals surface area contributed by atoms with Crippen LogP contribution >= 0.6 is 11.8 Å². The van der Waals surface area contributed by atoms with Crippen LogP contribution in [0.25, 0.3) is 11.0 Å². The van der Waals surface area contributed by atoms with Crippen LogP contribution < -0.4 is 5.32 Å². The number of amides is 1. The quantitative estimate of drug-likeness (QED) is 0.730. The fraction of sp³-hybridized carbons (Fsp3) is 0.333. The van der Waals surface area contributed by atoms with E-state index in [2.05, 4.69) is 20.7 Å². The fourth-order valence-corrected chi connectivity index (χ4v) is 2.19. The van der Waals surface area contributed by atoms with Crippen molar-refractivity contribution in [1.82, 2.24) is 20.7 Å². The van der Waals surface area contributed by atoms with Crippen LogP contribution in [0.2, 0.25) is 0 Å². The van der Waals surface area contributed by atoms with Crippen LogP contribution in [0.5, 0.6) is 0 Å². The van der Waals surface area contributed by atoms with Gasteiger partial charge in [0.2, 0.25) is 0 Å². The van der Waals surface area contributed by atoms with Crippen molar-refractivity contribution in [2.45, 2.75) is 12.5 Å². The van der Waals surface area contributed by atoms with Gasteiger partial charge in [-0.15, -0.1) is 0 Å². The number of hydrogen-bond donors (Lipinski definition) is 3. The number of fused-ring (bicyclic) bond motifs is 1. The molecule has 1 heterocycles. The molecule has 0 aliphatic carbocycles. The van der Waals surface area contributed by atoms with Crippen LogP contribution in [-0.2, 0) is 4.79 Å². The molecule has 1 unspecified atom stereocenters. The van der Waals surface area contributed by atoms with E-state index in [1.165, 1.54) is 11.8 Å². The number of nitrogens with one attached hydrogen (secondary N) is 2. The van der Waals surface area contributed by atoms with E-state index in [0.29, 0.717) is 28.8 Å². The zero-order valence-corrected chi connectivity index (χ0v) is 11.6. The summed E-state index contributed by atoms with van der Waals surface area (Å²) < 4.78 is 0. The molecule has 8 heteroatoms. The number of carboxylic acids is 1. The second-order valence-electron chi connectivity index (χ2n) is 4.17. The van der Waals surface area contributed by atoms with Gasteiger partial charge < -0.3 is 10.4 Å². The molecule has 20 heavy (non-hydrogen) atoms. The summed E-state index contributed by atoms with van der Waals surface area (Å²) in [5.41, 5.74) is 1.58. The number of carbonyl (C=O) groups is 2. The summed E-state index contributed by atoms with van der Waals surface area (Å²) in [5.74, 6) is -0.794. The third-order valence-corrected chi connectivity index (χ3v) is 3.44. The highest BCUT2D eigenvalue weighted by Crippen LogP contribution is 2.11. The lowest BCUT2D eigenvalue weighted by Crippen LogP contribution is -2.41. The van der Waals surface area contributed by atoms with Crippen LogP contribution in [0.3, 0.4) is 0 Å². The number of rotatable bonds is 6. The predicted molar refractivity (Wildman–Crippen MR) is 75.8 cm³/mol. The lowest BCUT2D eigenvalue weighted by Gasteiger charge is -2.13. The van der Waals surface area contributed by atoms with Crippen molar-refractivity contribution < 1.29 is 14.7 Å². The number of aromatic nitrogens is 3. The third-order valence-electron chi connectivity index (χ3n) is 2.79. The number of H-pyrrole nitrogens is 1. The van der Waals surface area contributed by atoms with E-state index in [1.54, 1.807) is 18.2 Å². The van der Waals surface area contributed by atoms with Crippen LogP contribution in [0.4, 0.5) is 0 Å². The van der Waals surface area contributed by atoms with Gasteiger partial charge in [-0.1, -0.05) is 0 Å². The fourth-order valence-electron chi connectivity index (χ4n) is 1.72. The Labute approximate surface area is 119 Å². The van der Waals surface area contributed by atoms with Gasteiger partial charge in [-0.3, -0.25) is 4.79 Å². The Morgan fingerprint density at radius 3 is 2.85 bits per heavy atom. The predicted octanol–water partition coefficient (Wildman–Crippen LogP) is 0.894. The molecule has 0 saturated heterocycles. The normalized spacial score (nSPS) is 12.2. The summed E-state index contributed by atoms with van der Waals surface area (Å²) in [6, 6.07) is 3.93. The molecule has 2 rings (SSSR count). The van der Waals surface area contributed by atoms with Gasteiger partial charge in [-0.2, -0.15) is 27.2 Å². The van der Waals surface area contributed by atoms with Crippen LogP contribution in [-0.4, -0.2) is 50.4 Å². The summed E-state index contributed by atoms with van der Waals surface area (Å²) in [4.78, 5) is 23.1. The molecule has 2 aromatic rings. The van der Waals surface area contributed by atoms with E-state index >= 15 is 0 Å². The summed E-state index contributed by atoms with van der Waals surface area (Å²) in [5, 5.41) is 21.8. The topological polar surface area (TPSA) is 108 Å². The van der Waals surface area contributed by atoms with E-state index in [-0.39, 0.29) is 0 Å². The summed E-state index contributed by atoms with van der Waals surface area (Å²) in [6.45, 7) is 0. The van der Waals surface area contributed by atoms with E-state index in [9.17, 15) is 9.59 Å². The Bertz CT molecular complexity index is 628. The van der Waals surface area contributed by atoms with Gasteiger partial charge in [0.25, 0.3) is 5.91 Å². The third kappa shape index (κ3) is 3.27.